The molecule has 1 unspecified atom stereocenters. The summed E-state index contributed by atoms with van der Waals surface area (Å²) < 4.78 is 10.6. The van der Waals surface area contributed by atoms with Crippen molar-refractivity contribution >= 4 is 41.4 Å². The van der Waals surface area contributed by atoms with Crippen molar-refractivity contribution < 1.29 is 43.3 Å². The Labute approximate surface area is 284 Å². The number of ether oxygens (including phenoxy) is 2. The summed E-state index contributed by atoms with van der Waals surface area (Å²) in [5, 5.41) is 21.1. The van der Waals surface area contributed by atoms with Crippen LogP contribution < -0.4 is 42.8 Å². The predicted octanol–water partition coefficient (Wildman–Crippen LogP) is 1.85. The first kappa shape index (κ1) is 48.0. The van der Waals surface area contributed by atoms with Gasteiger partial charge in [-0.15, -0.1) is 0 Å². The van der Waals surface area contributed by atoms with Crippen molar-refractivity contribution in [2.24, 2.45) is 17.4 Å². The van der Waals surface area contributed by atoms with Gasteiger partial charge in [-0.05, 0) is 30.0 Å². The number of carboxylic acid groups (broad SMARTS) is 1. The van der Waals surface area contributed by atoms with Crippen LogP contribution in [-0.4, -0.2) is 85.7 Å². The number of esters is 1. The van der Waals surface area contributed by atoms with Crippen LogP contribution in [0.5, 0.6) is 5.75 Å². The van der Waals surface area contributed by atoms with E-state index in [1.807, 2.05) is 34.6 Å². The number of carbonyl (C=O) groups is 6. The molecular weight excluding hydrogens is 626 g/mol. The summed E-state index contributed by atoms with van der Waals surface area (Å²) in [4.78, 5) is 67.4. The zero-order valence-electron chi connectivity index (χ0n) is 30.0. The van der Waals surface area contributed by atoms with E-state index in [2.05, 4.69) is 26.6 Å². The van der Waals surface area contributed by atoms with Gasteiger partial charge in [0.25, 0.3) is 0 Å². The number of benzene rings is 1. The van der Waals surface area contributed by atoms with Gasteiger partial charge in [-0.3, -0.25) is 24.0 Å². The van der Waals surface area contributed by atoms with Gasteiger partial charge in [-0.25, -0.2) is 4.79 Å². The number of anilines is 1. The molecule has 0 fully saturated rings. The number of aliphatic carboxylic acids is 1. The Morgan fingerprint density at radius 2 is 1.54 bits per heavy atom. The highest BCUT2D eigenvalue weighted by Gasteiger charge is 2.24. The van der Waals surface area contributed by atoms with Crippen molar-refractivity contribution in [2.45, 2.75) is 93.8 Å². The summed E-state index contributed by atoms with van der Waals surface area (Å²) in [6.07, 6.45) is 1.16. The van der Waals surface area contributed by atoms with Crippen molar-refractivity contribution in [3.8, 4) is 5.75 Å². The molecule has 1 rings (SSSR count). The second-order valence-corrected chi connectivity index (χ2v) is 10.4. The standard InChI is InChI=1S/C23H37N5O6.C4H10N2O.C3H6O2.C2H6/c1-14(2)22(28-21(31)11-25-15(3)4)23(32)26-12-20(30)27-18-7-6-17(13-34-16(5)29)10-19(18)33-9-8-24;1-2-3-6-4(5)7;1-2-3(4)5;1-2/h6-7,10,14-15,22,25H,8-9,11-13,24H2,1-5H3,(H,26,32)(H,27,30)(H,28,31);2-3H2,1H3,(H3,5,6,7);2H2,1H3,(H,4,5);1-2H3. The van der Waals surface area contributed by atoms with E-state index in [-0.39, 0.29) is 57.1 Å². The maximum Gasteiger partial charge on any atom is 0.312 e. The van der Waals surface area contributed by atoms with Crippen molar-refractivity contribution in [3.63, 3.8) is 0 Å². The van der Waals surface area contributed by atoms with Gasteiger partial charge >= 0.3 is 18.0 Å². The molecule has 5 amide bonds. The third-order valence-corrected chi connectivity index (χ3v) is 5.35. The number of nitrogens with one attached hydrogen (secondary N) is 5. The number of hydrogen-bond acceptors (Lipinski definition) is 10. The van der Waals surface area contributed by atoms with Crippen LogP contribution in [0, 0.1) is 5.92 Å². The van der Waals surface area contributed by atoms with Crippen LogP contribution in [0.1, 0.15) is 80.7 Å². The molecule has 48 heavy (non-hydrogen) atoms. The number of nitrogens with two attached hydrogens (primary N) is 2. The van der Waals surface area contributed by atoms with Crippen LogP contribution in [0.3, 0.4) is 0 Å². The molecule has 16 nitrogen and oxygen atoms in total. The zero-order valence-corrected chi connectivity index (χ0v) is 30.0. The summed E-state index contributed by atoms with van der Waals surface area (Å²) in [5.74, 6) is -2.21. The van der Waals surface area contributed by atoms with Gasteiger partial charge < -0.3 is 52.6 Å². The molecule has 1 aromatic rings. The molecule has 0 saturated carbocycles. The Bertz CT molecular complexity index is 1100. The van der Waals surface area contributed by atoms with Gasteiger partial charge in [0, 0.05) is 32.5 Å². The molecule has 0 aromatic heterocycles. The Hall–Kier alpha value is -4.44. The van der Waals surface area contributed by atoms with E-state index in [1.54, 1.807) is 39.0 Å². The second kappa shape index (κ2) is 29.9. The highest BCUT2D eigenvalue weighted by atomic mass is 16.5. The zero-order chi connectivity index (χ0) is 37.7. The van der Waals surface area contributed by atoms with Crippen LogP contribution in [0.2, 0.25) is 0 Å². The summed E-state index contributed by atoms with van der Waals surface area (Å²) >= 11 is 0. The fraction of sp³-hybridized carbons (Fsp3) is 0.625. The van der Waals surface area contributed by atoms with Gasteiger partial charge in [0.1, 0.15) is 25.0 Å². The van der Waals surface area contributed by atoms with Crippen LogP contribution in [0.4, 0.5) is 10.5 Å². The largest absolute Gasteiger partial charge is 0.490 e. The lowest BCUT2D eigenvalue weighted by Gasteiger charge is -2.22. The van der Waals surface area contributed by atoms with Crippen LogP contribution in [0.25, 0.3) is 0 Å². The normalized spacial score (nSPS) is 10.3. The van der Waals surface area contributed by atoms with E-state index in [0.29, 0.717) is 23.5 Å². The number of carbonyl (C=O) groups excluding carboxylic acids is 5. The number of hydrogen-bond donors (Lipinski definition) is 8. The molecule has 1 aromatic carbocycles. The van der Waals surface area contributed by atoms with E-state index in [0.717, 1.165) is 6.42 Å². The van der Waals surface area contributed by atoms with Gasteiger partial charge in [-0.1, -0.05) is 61.5 Å². The fourth-order valence-corrected chi connectivity index (χ4v) is 3.01. The first-order chi connectivity index (χ1) is 22.6. The molecule has 0 bridgehead atoms. The number of rotatable bonds is 17. The van der Waals surface area contributed by atoms with Crippen molar-refractivity contribution in [1.82, 2.24) is 21.3 Å². The minimum Gasteiger partial charge on any atom is -0.490 e. The third-order valence-electron chi connectivity index (χ3n) is 5.35. The lowest BCUT2D eigenvalue weighted by atomic mass is 10.0. The molecule has 0 aliphatic carbocycles. The lowest BCUT2D eigenvalue weighted by Crippen LogP contribution is -2.52. The van der Waals surface area contributed by atoms with Crippen molar-refractivity contribution in [1.29, 1.82) is 0 Å². The van der Waals surface area contributed by atoms with Crippen molar-refractivity contribution in [3.05, 3.63) is 23.8 Å². The maximum atomic E-state index is 12.6. The van der Waals surface area contributed by atoms with Gasteiger partial charge in [0.15, 0.2) is 0 Å². The van der Waals surface area contributed by atoms with Crippen molar-refractivity contribution in [2.75, 3.05) is 38.1 Å². The Balaban J connectivity index is -0.00000121. The Morgan fingerprint density at radius 3 is 1.98 bits per heavy atom. The Kier molecular flexibility index (Phi) is 29.9. The molecule has 0 heterocycles. The average Bonchev–Trinajstić information content (AvgIpc) is 3.04. The van der Waals surface area contributed by atoms with Gasteiger partial charge in [0.05, 0.1) is 18.8 Å². The summed E-state index contributed by atoms with van der Waals surface area (Å²) in [5.41, 5.74) is 11.3. The molecule has 0 radical (unpaired) electrons. The van der Waals surface area contributed by atoms with Crippen LogP contribution in [0.15, 0.2) is 18.2 Å². The number of primary amides is 1. The second-order valence-electron chi connectivity index (χ2n) is 10.4. The molecule has 1 atom stereocenters. The van der Waals surface area contributed by atoms with Crippen LogP contribution >= 0.6 is 0 Å². The molecule has 16 heteroatoms. The van der Waals surface area contributed by atoms with E-state index >= 15 is 0 Å². The average molecular weight is 686 g/mol. The molecule has 0 aliphatic heterocycles. The topological polar surface area (TPSA) is 253 Å². The van der Waals surface area contributed by atoms with E-state index in [1.165, 1.54) is 6.92 Å². The molecule has 0 aliphatic rings. The number of urea groups is 1. The van der Waals surface area contributed by atoms with E-state index in [4.69, 9.17) is 26.0 Å². The minimum atomic E-state index is -0.779. The highest BCUT2D eigenvalue weighted by Crippen LogP contribution is 2.26. The quantitative estimate of drug-likeness (QED) is 0.110. The molecule has 10 N–H and O–H groups in total. The van der Waals surface area contributed by atoms with E-state index in [9.17, 15) is 28.8 Å². The summed E-state index contributed by atoms with van der Waals surface area (Å²) in [6, 6.07) is 3.85. The maximum absolute atomic E-state index is 12.6. The molecule has 276 valence electrons. The van der Waals surface area contributed by atoms with Gasteiger partial charge in [0.2, 0.25) is 17.7 Å². The van der Waals surface area contributed by atoms with Crippen LogP contribution in [-0.2, 0) is 35.3 Å². The monoisotopic (exact) mass is 685 g/mol. The van der Waals surface area contributed by atoms with E-state index < -0.39 is 35.8 Å². The minimum absolute atomic E-state index is 0.0631. The third kappa shape index (κ3) is 27.8. The number of amides is 5. The highest BCUT2D eigenvalue weighted by molar-refractivity contribution is 5.97. The molecule has 0 spiro atoms. The molecule has 0 saturated heterocycles. The smallest absolute Gasteiger partial charge is 0.312 e. The first-order valence-electron chi connectivity index (χ1n) is 16.0. The molecular formula is C32H59N7O9. The van der Waals surface area contributed by atoms with Gasteiger partial charge in [-0.2, -0.15) is 0 Å². The Morgan fingerprint density at radius 1 is 0.938 bits per heavy atom. The number of carboxylic acids is 1. The summed E-state index contributed by atoms with van der Waals surface area (Å²) in [6.45, 7) is 17.3. The lowest BCUT2D eigenvalue weighted by molar-refractivity contribution is -0.142. The first-order valence-corrected chi connectivity index (χ1v) is 16.0. The SMILES string of the molecule is CC.CC(=O)OCc1ccc(NC(=O)CNC(=O)C(NC(=O)CNC(C)C)C(C)C)c(OCCN)c1.CCC(=O)O.CCCNC(N)=O. The fourth-order valence-electron chi connectivity index (χ4n) is 3.01. The predicted molar refractivity (Wildman–Crippen MR) is 185 cm³/mol. The summed E-state index contributed by atoms with van der Waals surface area (Å²) in [7, 11) is 0.